The van der Waals surface area contributed by atoms with Crippen molar-refractivity contribution in [3.05, 3.63) is 70.3 Å². The molecule has 2 aromatic carbocycles. The normalized spacial score (nSPS) is 13.3. The Morgan fingerprint density at radius 1 is 0.950 bits per heavy atom. The van der Waals surface area contributed by atoms with Gasteiger partial charge in [0.25, 0.3) is 0 Å². The van der Waals surface area contributed by atoms with E-state index in [1.54, 1.807) is 12.1 Å². The Labute approximate surface area is 116 Å². The minimum Gasteiger partial charge on any atom is -0.320 e. The molecule has 0 saturated carbocycles. The molecule has 1 atom stereocenters. The van der Waals surface area contributed by atoms with Gasteiger partial charge >= 0.3 is 6.18 Å². The van der Waals surface area contributed by atoms with E-state index in [-0.39, 0.29) is 5.56 Å². The van der Waals surface area contributed by atoms with Crippen LogP contribution in [0.5, 0.6) is 0 Å². The van der Waals surface area contributed by atoms with Gasteiger partial charge in [-0.3, -0.25) is 0 Å². The van der Waals surface area contributed by atoms with Crippen molar-refractivity contribution in [2.24, 2.45) is 5.73 Å². The predicted octanol–water partition coefficient (Wildman–Crippen LogP) is 4.37. The van der Waals surface area contributed by atoms with E-state index in [0.717, 1.165) is 17.2 Å². The van der Waals surface area contributed by atoms with Crippen LogP contribution >= 0.6 is 0 Å². The van der Waals surface area contributed by atoms with Gasteiger partial charge in [-0.15, -0.1) is 0 Å². The smallest absolute Gasteiger partial charge is 0.320 e. The first-order valence-corrected chi connectivity index (χ1v) is 6.29. The molecular formula is C16H16F3N. The van der Waals surface area contributed by atoms with E-state index < -0.39 is 17.8 Å². The van der Waals surface area contributed by atoms with Crippen molar-refractivity contribution in [1.82, 2.24) is 0 Å². The minimum absolute atomic E-state index is 0.104. The summed E-state index contributed by atoms with van der Waals surface area (Å²) in [6, 6.07) is 10.3. The highest BCUT2D eigenvalue weighted by molar-refractivity contribution is 5.42. The number of halogens is 3. The van der Waals surface area contributed by atoms with Crippen LogP contribution in [0.25, 0.3) is 0 Å². The van der Waals surface area contributed by atoms with Crippen LogP contribution in [-0.2, 0) is 6.18 Å². The summed E-state index contributed by atoms with van der Waals surface area (Å²) < 4.78 is 39.1. The number of aryl methyl sites for hydroxylation is 2. The molecule has 0 heterocycles. The monoisotopic (exact) mass is 279 g/mol. The molecule has 0 amide bonds. The highest BCUT2D eigenvalue weighted by atomic mass is 19.4. The van der Waals surface area contributed by atoms with E-state index in [4.69, 9.17) is 5.73 Å². The molecule has 0 aromatic heterocycles. The molecule has 0 aliphatic heterocycles. The van der Waals surface area contributed by atoms with Crippen molar-refractivity contribution in [1.29, 1.82) is 0 Å². The Bertz CT molecular complexity index is 617. The first kappa shape index (κ1) is 14.6. The van der Waals surface area contributed by atoms with Gasteiger partial charge < -0.3 is 5.73 Å². The molecule has 2 N–H and O–H groups in total. The topological polar surface area (TPSA) is 26.0 Å². The summed E-state index contributed by atoms with van der Waals surface area (Å²) in [6.45, 7) is 3.80. The Hall–Kier alpha value is -1.81. The molecule has 2 rings (SSSR count). The lowest BCUT2D eigenvalue weighted by Gasteiger charge is -2.20. The van der Waals surface area contributed by atoms with Crippen LogP contribution in [-0.4, -0.2) is 0 Å². The van der Waals surface area contributed by atoms with E-state index in [1.807, 2.05) is 26.0 Å². The number of benzene rings is 2. The molecule has 1 unspecified atom stereocenters. The Kier molecular flexibility index (Phi) is 3.86. The second kappa shape index (κ2) is 5.29. The highest BCUT2D eigenvalue weighted by Gasteiger charge is 2.34. The van der Waals surface area contributed by atoms with Crippen molar-refractivity contribution in [3.63, 3.8) is 0 Å². The average molecular weight is 279 g/mol. The van der Waals surface area contributed by atoms with Crippen molar-refractivity contribution in [3.8, 4) is 0 Å². The standard InChI is InChI=1S/C16H16F3N/c1-10-7-8-12(11(2)9-10)15(20)13-5-3-4-6-14(13)16(17,18)19/h3-9,15H,20H2,1-2H3. The maximum absolute atomic E-state index is 13.0. The van der Waals surface area contributed by atoms with Gasteiger partial charge in [0.15, 0.2) is 0 Å². The van der Waals surface area contributed by atoms with Crippen LogP contribution in [0.4, 0.5) is 13.2 Å². The number of nitrogens with two attached hydrogens (primary N) is 1. The molecule has 0 bridgehead atoms. The molecule has 2 aromatic rings. The van der Waals surface area contributed by atoms with Gasteiger partial charge in [0.1, 0.15) is 0 Å². The van der Waals surface area contributed by atoms with Gasteiger partial charge in [-0.25, -0.2) is 0 Å². The summed E-state index contributed by atoms with van der Waals surface area (Å²) >= 11 is 0. The Balaban J connectivity index is 2.51. The average Bonchev–Trinajstić information content (AvgIpc) is 2.37. The van der Waals surface area contributed by atoms with Crippen molar-refractivity contribution in [2.75, 3.05) is 0 Å². The second-order valence-corrected chi connectivity index (χ2v) is 4.92. The van der Waals surface area contributed by atoms with E-state index in [2.05, 4.69) is 0 Å². The van der Waals surface area contributed by atoms with Gasteiger partial charge in [-0.2, -0.15) is 13.2 Å². The van der Waals surface area contributed by atoms with E-state index in [9.17, 15) is 13.2 Å². The van der Waals surface area contributed by atoms with Crippen LogP contribution < -0.4 is 5.73 Å². The van der Waals surface area contributed by atoms with E-state index in [0.29, 0.717) is 5.56 Å². The molecular weight excluding hydrogens is 263 g/mol. The molecule has 1 nitrogen and oxygen atoms in total. The zero-order valence-electron chi connectivity index (χ0n) is 11.3. The Morgan fingerprint density at radius 2 is 1.60 bits per heavy atom. The lowest BCUT2D eigenvalue weighted by Crippen LogP contribution is -2.19. The number of alkyl halides is 3. The largest absolute Gasteiger partial charge is 0.416 e. The van der Waals surface area contributed by atoms with Crippen LogP contribution in [0.2, 0.25) is 0 Å². The number of hydrogen-bond donors (Lipinski definition) is 1. The summed E-state index contributed by atoms with van der Waals surface area (Å²) in [5.41, 5.74) is 8.17. The summed E-state index contributed by atoms with van der Waals surface area (Å²) in [5, 5.41) is 0. The zero-order chi connectivity index (χ0) is 14.9. The fourth-order valence-electron chi connectivity index (χ4n) is 2.37. The first-order valence-electron chi connectivity index (χ1n) is 6.29. The minimum atomic E-state index is -4.40. The molecule has 0 fully saturated rings. The molecule has 0 aliphatic carbocycles. The SMILES string of the molecule is Cc1ccc(C(N)c2ccccc2C(F)(F)F)c(C)c1. The third kappa shape index (κ3) is 2.85. The highest BCUT2D eigenvalue weighted by Crippen LogP contribution is 2.36. The molecule has 4 heteroatoms. The Morgan fingerprint density at radius 3 is 2.20 bits per heavy atom. The lowest BCUT2D eigenvalue weighted by molar-refractivity contribution is -0.138. The van der Waals surface area contributed by atoms with Gasteiger partial charge in [-0.1, -0.05) is 42.0 Å². The molecule has 106 valence electrons. The van der Waals surface area contributed by atoms with Crippen LogP contribution in [0.3, 0.4) is 0 Å². The van der Waals surface area contributed by atoms with Crippen molar-refractivity contribution < 1.29 is 13.2 Å². The fourth-order valence-corrected chi connectivity index (χ4v) is 2.37. The molecule has 0 aliphatic rings. The van der Waals surface area contributed by atoms with Gasteiger partial charge in [0, 0.05) is 0 Å². The molecule has 0 radical (unpaired) electrons. The summed E-state index contributed by atoms with van der Waals surface area (Å²) in [6.07, 6.45) is -4.40. The van der Waals surface area contributed by atoms with Gasteiger partial charge in [-0.05, 0) is 36.6 Å². The number of hydrogen-bond acceptors (Lipinski definition) is 1. The zero-order valence-corrected chi connectivity index (χ0v) is 11.3. The molecule has 20 heavy (non-hydrogen) atoms. The van der Waals surface area contributed by atoms with Crippen LogP contribution in [0.1, 0.15) is 33.9 Å². The summed E-state index contributed by atoms with van der Waals surface area (Å²) in [7, 11) is 0. The van der Waals surface area contributed by atoms with Crippen LogP contribution in [0.15, 0.2) is 42.5 Å². The van der Waals surface area contributed by atoms with E-state index >= 15 is 0 Å². The van der Waals surface area contributed by atoms with Gasteiger partial charge in [0.05, 0.1) is 11.6 Å². The summed E-state index contributed by atoms with van der Waals surface area (Å²) in [5.74, 6) is 0. The first-order chi connectivity index (χ1) is 9.30. The quantitative estimate of drug-likeness (QED) is 0.868. The van der Waals surface area contributed by atoms with Crippen LogP contribution in [0, 0.1) is 13.8 Å². The predicted molar refractivity (Wildman–Crippen MR) is 73.4 cm³/mol. The maximum atomic E-state index is 13.0. The second-order valence-electron chi connectivity index (χ2n) is 4.92. The molecule has 0 saturated heterocycles. The third-order valence-electron chi connectivity index (χ3n) is 3.36. The maximum Gasteiger partial charge on any atom is 0.416 e. The summed E-state index contributed by atoms with van der Waals surface area (Å²) in [4.78, 5) is 0. The fraction of sp³-hybridized carbons (Fsp3) is 0.250. The number of rotatable bonds is 2. The van der Waals surface area contributed by atoms with E-state index in [1.165, 1.54) is 12.1 Å². The van der Waals surface area contributed by atoms with Crippen molar-refractivity contribution >= 4 is 0 Å². The lowest BCUT2D eigenvalue weighted by atomic mass is 9.91. The van der Waals surface area contributed by atoms with Crippen molar-refractivity contribution in [2.45, 2.75) is 26.1 Å². The molecule has 0 spiro atoms. The van der Waals surface area contributed by atoms with Gasteiger partial charge in [0.2, 0.25) is 0 Å². The third-order valence-corrected chi connectivity index (χ3v) is 3.36.